The molecule has 0 aromatic heterocycles. The van der Waals surface area contributed by atoms with Gasteiger partial charge in [-0.25, -0.2) is 0 Å². The molecule has 2 aromatic rings. The SMILES string of the molecule is O=C(CCOc1ccccc1)Nc1ccc2c(c1)C1(CCCC1)C(=O)N2. The topological polar surface area (TPSA) is 67.4 Å². The first-order valence-corrected chi connectivity index (χ1v) is 9.11. The molecule has 0 atom stereocenters. The molecular weight excluding hydrogens is 328 g/mol. The lowest BCUT2D eigenvalue weighted by atomic mass is 9.80. The van der Waals surface area contributed by atoms with Gasteiger partial charge < -0.3 is 15.4 Å². The summed E-state index contributed by atoms with van der Waals surface area (Å²) >= 11 is 0. The van der Waals surface area contributed by atoms with Gasteiger partial charge in [-0.1, -0.05) is 31.0 Å². The Morgan fingerprint density at radius 3 is 2.65 bits per heavy atom. The van der Waals surface area contributed by atoms with E-state index in [9.17, 15) is 9.59 Å². The number of rotatable bonds is 5. The minimum absolute atomic E-state index is 0.0985. The van der Waals surface area contributed by atoms with Gasteiger partial charge in [0.1, 0.15) is 5.75 Å². The van der Waals surface area contributed by atoms with E-state index in [1.807, 2.05) is 48.5 Å². The van der Waals surface area contributed by atoms with Crippen molar-refractivity contribution in [1.29, 1.82) is 0 Å². The highest BCUT2D eigenvalue weighted by atomic mass is 16.5. The van der Waals surface area contributed by atoms with E-state index in [1.165, 1.54) is 0 Å². The standard InChI is InChI=1S/C21H22N2O3/c24-19(10-13-26-16-6-2-1-3-7-16)22-15-8-9-18-17(14-15)21(20(25)23-18)11-4-5-12-21/h1-3,6-9,14H,4-5,10-13H2,(H,22,24)(H,23,25). The zero-order valence-corrected chi connectivity index (χ0v) is 14.6. The molecule has 5 heteroatoms. The smallest absolute Gasteiger partial charge is 0.235 e. The van der Waals surface area contributed by atoms with Crippen molar-refractivity contribution in [2.75, 3.05) is 17.2 Å². The van der Waals surface area contributed by atoms with Gasteiger partial charge in [-0.15, -0.1) is 0 Å². The van der Waals surface area contributed by atoms with E-state index in [0.717, 1.165) is 48.4 Å². The van der Waals surface area contributed by atoms with Crippen molar-refractivity contribution in [3.8, 4) is 5.75 Å². The van der Waals surface area contributed by atoms with Crippen LogP contribution in [0.15, 0.2) is 48.5 Å². The van der Waals surface area contributed by atoms with Crippen molar-refractivity contribution in [3.05, 3.63) is 54.1 Å². The Labute approximate surface area is 152 Å². The van der Waals surface area contributed by atoms with Crippen LogP contribution in [0.2, 0.25) is 0 Å². The molecule has 1 heterocycles. The normalized spacial score (nSPS) is 17.0. The molecule has 1 spiro atoms. The summed E-state index contributed by atoms with van der Waals surface area (Å²) in [6.45, 7) is 0.324. The Hall–Kier alpha value is -2.82. The van der Waals surface area contributed by atoms with Crippen LogP contribution in [0.4, 0.5) is 11.4 Å². The average molecular weight is 350 g/mol. The van der Waals surface area contributed by atoms with Gasteiger partial charge in [0, 0.05) is 11.4 Å². The number of para-hydroxylation sites is 1. The molecule has 1 aliphatic carbocycles. The van der Waals surface area contributed by atoms with E-state index in [4.69, 9.17) is 4.74 Å². The highest BCUT2D eigenvalue weighted by molar-refractivity contribution is 6.07. The molecule has 134 valence electrons. The van der Waals surface area contributed by atoms with Crippen LogP contribution in [0.1, 0.15) is 37.7 Å². The molecule has 0 radical (unpaired) electrons. The van der Waals surface area contributed by atoms with Crippen molar-refractivity contribution in [2.45, 2.75) is 37.5 Å². The van der Waals surface area contributed by atoms with Gasteiger partial charge in [0.2, 0.25) is 11.8 Å². The maximum Gasteiger partial charge on any atom is 0.235 e. The lowest BCUT2D eigenvalue weighted by molar-refractivity contribution is -0.120. The second kappa shape index (κ2) is 6.83. The number of ether oxygens (including phenoxy) is 1. The molecule has 5 nitrogen and oxygen atoms in total. The molecule has 4 rings (SSSR count). The van der Waals surface area contributed by atoms with E-state index in [1.54, 1.807) is 0 Å². The molecule has 2 aromatic carbocycles. The molecule has 1 fully saturated rings. The number of anilines is 2. The van der Waals surface area contributed by atoms with Crippen LogP contribution in [0.5, 0.6) is 5.75 Å². The van der Waals surface area contributed by atoms with Crippen LogP contribution in [-0.4, -0.2) is 18.4 Å². The molecule has 0 unspecified atom stereocenters. The van der Waals surface area contributed by atoms with Crippen molar-refractivity contribution in [1.82, 2.24) is 0 Å². The van der Waals surface area contributed by atoms with E-state index >= 15 is 0 Å². The van der Waals surface area contributed by atoms with Crippen molar-refractivity contribution >= 4 is 23.2 Å². The molecule has 1 aliphatic heterocycles. The maximum atomic E-state index is 12.4. The maximum absolute atomic E-state index is 12.4. The van der Waals surface area contributed by atoms with Crippen LogP contribution in [0.3, 0.4) is 0 Å². The number of hydrogen-bond donors (Lipinski definition) is 2. The van der Waals surface area contributed by atoms with Crippen LogP contribution in [0.25, 0.3) is 0 Å². The van der Waals surface area contributed by atoms with E-state index < -0.39 is 5.41 Å². The van der Waals surface area contributed by atoms with Gasteiger partial charge in [0.25, 0.3) is 0 Å². The van der Waals surface area contributed by atoms with Gasteiger partial charge in [-0.05, 0) is 48.7 Å². The summed E-state index contributed by atoms with van der Waals surface area (Å²) in [5, 5.41) is 5.91. The van der Waals surface area contributed by atoms with Crippen LogP contribution in [0, 0.1) is 0 Å². The zero-order chi connectivity index (χ0) is 18.0. The monoisotopic (exact) mass is 350 g/mol. The zero-order valence-electron chi connectivity index (χ0n) is 14.6. The lowest BCUT2D eigenvalue weighted by Crippen LogP contribution is -2.31. The summed E-state index contributed by atoms with van der Waals surface area (Å²) in [7, 11) is 0. The molecule has 2 N–H and O–H groups in total. The first-order valence-electron chi connectivity index (χ1n) is 9.11. The van der Waals surface area contributed by atoms with Crippen LogP contribution < -0.4 is 15.4 Å². The summed E-state index contributed by atoms with van der Waals surface area (Å²) in [5.41, 5.74) is 2.24. The van der Waals surface area contributed by atoms with Gasteiger partial charge in [0.05, 0.1) is 18.4 Å². The van der Waals surface area contributed by atoms with Gasteiger partial charge in [0.15, 0.2) is 0 Å². The lowest BCUT2D eigenvalue weighted by Gasteiger charge is -2.21. The minimum atomic E-state index is -0.396. The van der Waals surface area contributed by atoms with Crippen molar-refractivity contribution in [3.63, 3.8) is 0 Å². The van der Waals surface area contributed by atoms with Gasteiger partial charge >= 0.3 is 0 Å². The summed E-state index contributed by atoms with van der Waals surface area (Å²) in [6.07, 6.45) is 4.18. The fourth-order valence-electron chi connectivity index (χ4n) is 3.97. The quantitative estimate of drug-likeness (QED) is 0.860. The Kier molecular flexibility index (Phi) is 4.37. The number of amides is 2. The number of hydrogen-bond acceptors (Lipinski definition) is 3. The second-order valence-corrected chi connectivity index (χ2v) is 6.96. The Bertz CT molecular complexity index is 826. The predicted octanol–water partition coefficient (Wildman–Crippen LogP) is 3.86. The highest BCUT2D eigenvalue weighted by Crippen LogP contribution is 2.49. The van der Waals surface area contributed by atoms with E-state index in [0.29, 0.717) is 6.61 Å². The number of fused-ring (bicyclic) bond motifs is 2. The summed E-state index contributed by atoms with van der Waals surface area (Å²) in [6, 6.07) is 15.1. The fourth-order valence-corrected chi connectivity index (χ4v) is 3.97. The third-order valence-electron chi connectivity index (χ3n) is 5.30. The number of nitrogens with one attached hydrogen (secondary N) is 2. The average Bonchev–Trinajstić information content (AvgIpc) is 3.24. The van der Waals surface area contributed by atoms with Crippen LogP contribution >= 0.6 is 0 Å². The first-order chi connectivity index (χ1) is 12.7. The molecule has 26 heavy (non-hydrogen) atoms. The summed E-state index contributed by atoms with van der Waals surface area (Å²) in [5.74, 6) is 0.758. The molecule has 0 saturated heterocycles. The number of benzene rings is 2. The van der Waals surface area contributed by atoms with Crippen molar-refractivity contribution < 1.29 is 14.3 Å². The van der Waals surface area contributed by atoms with Gasteiger partial charge in [-0.2, -0.15) is 0 Å². The van der Waals surface area contributed by atoms with E-state index in [2.05, 4.69) is 10.6 Å². The summed E-state index contributed by atoms with van der Waals surface area (Å²) in [4.78, 5) is 24.7. The molecule has 0 bridgehead atoms. The highest BCUT2D eigenvalue weighted by Gasteiger charge is 2.48. The largest absolute Gasteiger partial charge is 0.493 e. The number of carbonyl (C=O) groups excluding carboxylic acids is 2. The minimum Gasteiger partial charge on any atom is -0.493 e. The van der Waals surface area contributed by atoms with Crippen LogP contribution in [-0.2, 0) is 15.0 Å². The second-order valence-electron chi connectivity index (χ2n) is 6.96. The molecule has 2 amide bonds. The third kappa shape index (κ3) is 3.05. The molecule has 2 aliphatic rings. The van der Waals surface area contributed by atoms with Gasteiger partial charge in [-0.3, -0.25) is 9.59 Å². The van der Waals surface area contributed by atoms with E-state index in [-0.39, 0.29) is 18.2 Å². The molecule has 1 saturated carbocycles. The summed E-state index contributed by atoms with van der Waals surface area (Å²) < 4.78 is 5.56. The first kappa shape index (κ1) is 16.6. The fraction of sp³-hybridized carbons (Fsp3) is 0.333. The Morgan fingerprint density at radius 1 is 1.12 bits per heavy atom. The third-order valence-corrected chi connectivity index (χ3v) is 5.30. The predicted molar refractivity (Wildman–Crippen MR) is 100 cm³/mol. The number of carbonyl (C=O) groups is 2. The Morgan fingerprint density at radius 2 is 1.88 bits per heavy atom. The Balaban J connectivity index is 1.39. The molecular formula is C21H22N2O3. The van der Waals surface area contributed by atoms with Crippen molar-refractivity contribution in [2.24, 2.45) is 0 Å².